The highest BCUT2D eigenvalue weighted by atomic mass is 35.5. The fraction of sp³-hybridized carbons (Fsp3) is 0.294. The number of hydrogen-bond donors (Lipinski definition) is 1. The van der Waals surface area contributed by atoms with Crippen molar-refractivity contribution in [2.45, 2.75) is 25.7 Å². The minimum atomic E-state index is -0.383. The van der Waals surface area contributed by atoms with E-state index in [4.69, 9.17) is 16.3 Å². The SMILES string of the molecule is COC(=O)c1c(NC(=O)Cc2ccc(Cl)cc2)sc2c1CCC2. The van der Waals surface area contributed by atoms with Crippen molar-refractivity contribution in [3.63, 3.8) is 0 Å². The summed E-state index contributed by atoms with van der Waals surface area (Å²) < 4.78 is 4.88. The van der Waals surface area contributed by atoms with Crippen molar-refractivity contribution in [1.29, 1.82) is 0 Å². The molecule has 1 heterocycles. The highest BCUT2D eigenvalue weighted by molar-refractivity contribution is 7.17. The summed E-state index contributed by atoms with van der Waals surface area (Å²) in [6, 6.07) is 7.14. The van der Waals surface area contributed by atoms with Gasteiger partial charge in [-0.15, -0.1) is 11.3 Å². The second kappa shape index (κ2) is 6.72. The number of thiophene rings is 1. The van der Waals surface area contributed by atoms with Gasteiger partial charge < -0.3 is 10.1 Å². The molecule has 2 aromatic rings. The quantitative estimate of drug-likeness (QED) is 0.853. The smallest absolute Gasteiger partial charge is 0.341 e. The van der Waals surface area contributed by atoms with Gasteiger partial charge in [-0.2, -0.15) is 0 Å². The highest BCUT2D eigenvalue weighted by Crippen LogP contribution is 2.39. The third-order valence-corrected chi connectivity index (χ3v) is 5.30. The van der Waals surface area contributed by atoms with Crippen molar-refractivity contribution in [3.05, 3.63) is 50.9 Å². The van der Waals surface area contributed by atoms with Gasteiger partial charge in [-0.1, -0.05) is 23.7 Å². The van der Waals surface area contributed by atoms with Gasteiger partial charge in [-0.25, -0.2) is 4.79 Å². The number of hydrogen-bond acceptors (Lipinski definition) is 4. The van der Waals surface area contributed by atoms with Gasteiger partial charge in [-0.05, 0) is 42.5 Å². The van der Waals surface area contributed by atoms with Crippen LogP contribution in [0.25, 0.3) is 0 Å². The van der Waals surface area contributed by atoms with Crippen LogP contribution in [0, 0.1) is 0 Å². The molecule has 4 nitrogen and oxygen atoms in total. The van der Waals surface area contributed by atoms with Crippen LogP contribution in [0.1, 0.15) is 32.8 Å². The number of carbonyl (C=O) groups is 2. The van der Waals surface area contributed by atoms with Gasteiger partial charge in [-0.3, -0.25) is 4.79 Å². The second-order valence-corrected chi connectivity index (χ2v) is 6.95. The number of rotatable bonds is 4. The summed E-state index contributed by atoms with van der Waals surface area (Å²) in [5.74, 6) is -0.538. The van der Waals surface area contributed by atoms with Gasteiger partial charge in [0.1, 0.15) is 5.00 Å². The number of amides is 1. The summed E-state index contributed by atoms with van der Waals surface area (Å²) in [5, 5.41) is 4.10. The van der Waals surface area contributed by atoms with E-state index in [1.807, 2.05) is 12.1 Å². The van der Waals surface area contributed by atoms with Crippen molar-refractivity contribution >= 4 is 39.8 Å². The van der Waals surface area contributed by atoms with E-state index in [9.17, 15) is 9.59 Å². The van der Waals surface area contributed by atoms with Gasteiger partial charge >= 0.3 is 5.97 Å². The summed E-state index contributed by atoms with van der Waals surface area (Å²) >= 11 is 7.32. The maximum Gasteiger partial charge on any atom is 0.341 e. The largest absolute Gasteiger partial charge is 0.465 e. The fourth-order valence-corrected chi connectivity index (χ4v) is 4.19. The molecular weight excluding hydrogens is 334 g/mol. The summed E-state index contributed by atoms with van der Waals surface area (Å²) in [7, 11) is 1.36. The van der Waals surface area contributed by atoms with E-state index in [2.05, 4.69) is 5.32 Å². The Morgan fingerprint density at radius 3 is 2.70 bits per heavy atom. The van der Waals surface area contributed by atoms with Crippen LogP contribution in [-0.4, -0.2) is 19.0 Å². The normalized spacial score (nSPS) is 12.8. The molecule has 1 aromatic carbocycles. The molecule has 0 fully saturated rings. The van der Waals surface area contributed by atoms with Gasteiger partial charge in [0.05, 0.1) is 19.1 Å². The van der Waals surface area contributed by atoms with Crippen LogP contribution < -0.4 is 5.32 Å². The lowest BCUT2D eigenvalue weighted by molar-refractivity contribution is -0.115. The van der Waals surface area contributed by atoms with Gasteiger partial charge in [0.25, 0.3) is 0 Å². The molecular formula is C17H16ClNO3S. The third-order valence-electron chi connectivity index (χ3n) is 3.84. The maximum atomic E-state index is 12.3. The summed E-state index contributed by atoms with van der Waals surface area (Å²) in [4.78, 5) is 25.5. The van der Waals surface area contributed by atoms with Crippen LogP contribution in [0.4, 0.5) is 5.00 Å². The molecule has 1 amide bonds. The van der Waals surface area contributed by atoms with Crippen LogP contribution in [0.2, 0.25) is 5.02 Å². The Labute approximate surface area is 143 Å². The molecule has 0 atom stereocenters. The van der Waals surface area contributed by atoms with Crippen molar-refractivity contribution in [2.24, 2.45) is 0 Å². The van der Waals surface area contributed by atoms with Crippen LogP contribution >= 0.6 is 22.9 Å². The highest BCUT2D eigenvalue weighted by Gasteiger charge is 2.27. The molecule has 0 saturated heterocycles. The van der Waals surface area contributed by atoms with Gasteiger partial charge in [0.2, 0.25) is 5.91 Å². The van der Waals surface area contributed by atoms with Gasteiger partial charge in [0.15, 0.2) is 0 Å². The zero-order valence-corrected chi connectivity index (χ0v) is 14.2. The zero-order valence-electron chi connectivity index (χ0n) is 12.6. The van der Waals surface area contributed by atoms with Crippen molar-refractivity contribution in [1.82, 2.24) is 0 Å². The molecule has 120 valence electrons. The standard InChI is InChI=1S/C17H16ClNO3S/c1-22-17(21)15-12-3-2-4-13(12)23-16(15)19-14(20)9-10-5-7-11(18)8-6-10/h5-8H,2-4,9H2,1H3,(H,19,20). The van der Waals surface area contributed by atoms with Crippen LogP contribution in [-0.2, 0) is 28.8 Å². The van der Waals surface area contributed by atoms with Gasteiger partial charge in [0, 0.05) is 9.90 Å². The Morgan fingerprint density at radius 1 is 1.26 bits per heavy atom. The molecule has 23 heavy (non-hydrogen) atoms. The van der Waals surface area contributed by atoms with Crippen LogP contribution in [0.15, 0.2) is 24.3 Å². The Kier molecular flexibility index (Phi) is 4.68. The van der Waals surface area contributed by atoms with E-state index in [1.165, 1.54) is 23.3 Å². The monoisotopic (exact) mass is 349 g/mol. The number of fused-ring (bicyclic) bond motifs is 1. The van der Waals surface area contributed by atoms with E-state index >= 15 is 0 Å². The first-order valence-corrected chi connectivity index (χ1v) is 8.55. The van der Waals surface area contributed by atoms with E-state index in [1.54, 1.807) is 12.1 Å². The van der Waals surface area contributed by atoms with Crippen molar-refractivity contribution in [3.8, 4) is 0 Å². The van der Waals surface area contributed by atoms with Crippen LogP contribution in [0.3, 0.4) is 0 Å². The molecule has 0 bridgehead atoms. The Morgan fingerprint density at radius 2 is 2.00 bits per heavy atom. The molecule has 1 aliphatic carbocycles. The number of esters is 1. The Balaban J connectivity index is 1.78. The van der Waals surface area contributed by atoms with Crippen molar-refractivity contribution in [2.75, 3.05) is 12.4 Å². The predicted octanol–water partition coefficient (Wildman–Crippen LogP) is 3.86. The Hall–Kier alpha value is -1.85. The first-order valence-electron chi connectivity index (χ1n) is 7.35. The third kappa shape index (κ3) is 3.41. The molecule has 0 saturated carbocycles. The summed E-state index contributed by atoms with van der Waals surface area (Å²) in [6.07, 6.45) is 3.10. The molecule has 3 rings (SSSR count). The average Bonchev–Trinajstić information content (AvgIpc) is 3.09. The molecule has 0 aliphatic heterocycles. The molecule has 1 aromatic heterocycles. The average molecular weight is 350 g/mol. The van der Waals surface area contributed by atoms with E-state index < -0.39 is 0 Å². The van der Waals surface area contributed by atoms with E-state index in [0.29, 0.717) is 15.6 Å². The number of anilines is 1. The summed E-state index contributed by atoms with van der Waals surface area (Å²) in [5.41, 5.74) is 2.42. The number of benzene rings is 1. The lowest BCUT2D eigenvalue weighted by Gasteiger charge is -2.07. The summed E-state index contributed by atoms with van der Waals surface area (Å²) in [6.45, 7) is 0. The molecule has 0 radical (unpaired) electrons. The second-order valence-electron chi connectivity index (χ2n) is 5.40. The minimum absolute atomic E-state index is 0.155. The first-order chi connectivity index (χ1) is 11.1. The first kappa shape index (κ1) is 16.0. The number of ether oxygens (including phenoxy) is 1. The van der Waals surface area contributed by atoms with E-state index in [-0.39, 0.29) is 18.3 Å². The Bertz CT molecular complexity index is 752. The minimum Gasteiger partial charge on any atom is -0.465 e. The number of carbonyl (C=O) groups excluding carboxylic acids is 2. The fourth-order valence-electron chi connectivity index (χ4n) is 2.77. The van der Waals surface area contributed by atoms with E-state index in [0.717, 1.165) is 30.4 Å². The molecule has 1 aliphatic rings. The number of methoxy groups -OCH3 is 1. The number of aryl methyl sites for hydroxylation is 1. The zero-order chi connectivity index (χ0) is 16.4. The number of halogens is 1. The predicted molar refractivity (Wildman–Crippen MR) is 91.5 cm³/mol. The molecule has 6 heteroatoms. The maximum absolute atomic E-state index is 12.3. The topological polar surface area (TPSA) is 55.4 Å². The molecule has 0 spiro atoms. The van der Waals surface area contributed by atoms with Crippen LogP contribution in [0.5, 0.6) is 0 Å². The lowest BCUT2D eigenvalue weighted by atomic mass is 10.1. The number of nitrogens with one attached hydrogen (secondary N) is 1. The molecule has 0 unspecified atom stereocenters. The van der Waals surface area contributed by atoms with Crippen molar-refractivity contribution < 1.29 is 14.3 Å². The lowest BCUT2D eigenvalue weighted by Crippen LogP contribution is -2.16. The molecule has 1 N–H and O–H groups in total.